The Bertz CT molecular complexity index is 1020. The fraction of sp³-hybridized carbons (Fsp3) is 0.167. The average Bonchev–Trinajstić information content (AvgIpc) is 2.69. The minimum Gasteiger partial charge on any atom is -0.325 e. The summed E-state index contributed by atoms with van der Waals surface area (Å²) in [5.74, 6) is -0.174. The van der Waals surface area contributed by atoms with Crippen LogP contribution in [0.15, 0.2) is 77.7 Å². The number of hydrogen-bond acceptors (Lipinski definition) is 3. The third kappa shape index (κ3) is 5.72. The molecule has 0 saturated carbocycles. The Morgan fingerprint density at radius 3 is 2.24 bits per heavy atom. The lowest BCUT2D eigenvalue weighted by molar-refractivity contribution is -0.115. The number of carbonyl (C=O) groups excluding carboxylic acids is 2. The molecule has 29 heavy (non-hydrogen) atoms. The van der Waals surface area contributed by atoms with E-state index in [9.17, 15) is 9.59 Å². The maximum Gasteiger partial charge on any atom is 0.255 e. The largest absolute Gasteiger partial charge is 0.325 e. The van der Waals surface area contributed by atoms with Crippen LogP contribution in [0, 0.1) is 13.8 Å². The van der Waals surface area contributed by atoms with Crippen LogP contribution in [0.25, 0.3) is 0 Å². The lowest BCUT2D eigenvalue weighted by Crippen LogP contribution is -2.22. The van der Waals surface area contributed by atoms with Crippen molar-refractivity contribution in [3.8, 4) is 0 Å². The van der Waals surface area contributed by atoms with Gasteiger partial charge in [-0.25, -0.2) is 0 Å². The standard InChI is InChI=1S/C24H24N2O2S/c1-16-7-6-9-20(15-16)26-23(27)18(3)29-21-13-11-19(12-14-21)25-24(28)22-10-5-4-8-17(22)2/h4-15,18H,1-3H3,(H,25,28)(H,26,27). The lowest BCUT2D eigenvalue weighted by atomic mass is 10.1. The van der Waals surface area contributed by atoms with E-state index in [0.717, 1.165) is 27.4 Å². The second kappa shape index (κ2) is 9.43. The maximum absolute atomic E-state index is 12.4. The molecule has 0 spiro atoms. The van der Waals surface area contributed by atoms with E-state index in [1.807, 2.05) is 93.6 Å². The number of nitrogens with one attached hydrogen (secondary N) is 2. The van der Waals surface area contributed by atoms with Gasteiger partial charge in [0, 0.05) is 21.8 Å². The van der Waals surface area contributed by atoms with Crippen molar-refractivity contribution in [2.75, 3.05) is 10.6 Å². The minimum absolute atomic E-state index is 0.0440. The van der Waals surface area contributed by atoms with Crippen LogP contribution in [0.5, 0.6) is 0 Å². The molecule has 0 bridgehead atoms. The molecule has 4 nitrogen and oxygen atoms in total. The summed E-state index contributed by atoms with van der Waals surface area (Å²) in [5, 5.41) is 5.61. The molecule has 1 atom stereocenters. The lowest BCUT2D eigenvalue weighted by Gasteiger charge is -2.13. The predicted molar refractivity (Wildman–Crippen MR) is 121 cm³/mol. The van der Waals surface area contributed by atoms with Crippen molar-refractivity contribution in [1.29, 1.82) is 0 Å². The second-order valence-corrected chi connectivity index (χ2v) is 8.33. The normalized spacial score (nSPS) is 11.6. The number of hydrogen-bond donors (Lipinski definition) is 2. The van der Waals surface area contributed by atoms with Crippen molar-refractivity contribution in [1.82, 2.24) is 0 Å². The van der Waals surface area contributed by atoms with Crippen LogP contribution in [-0.2, 0) is 4.79 Å². The molecular formula is C24H24N2O2S. The fourth-order valence-electron chi connectivity index (χ4n) is 2.87. The van der Waals surface area contributed by atoms with Crippen molar-refractivity contribution in [2.24, 2.45) is 0 Å². The van der Waals surface area contributed by atoms with Gasteiger partial charge in [-0.2, -0.15) is 0 Å². The van der Waals surface area contributed by atoms with Gasteiger partial charge in [-0.1, -0.05) is 30.3 Å². The van der Waals surface area contributed by atoms with Gasteiger partial charge in [-0.05, 0) is 74.4 Å². The molecule has 148 valence electrons. The molecule has 0 heterocycles. The van der Waals surface area contributed by atoms with E-state index in [2.05, 4.69) is 10.6 Å². The third-order valence-electron chi connectivity index (χ3n) is 4.47. The number of rotatable bonds is 6. The van der Waals surface area contributed by atoms with Gasteiger partial charge in [0.2, 0.25) is 5.91 Å². The first-order valence-electron chi connectivity index (χ1n) is 9.43. The van der Waals surface area contributed by atoms with Crippen molar-refractivity contribution in [2.45, 2.75) is 30.9 Å². The SMILES string of the molecule is Cc1cccc(NC(=O)C(C)Sc2ccc(NC(=O)c3ccccc3C)cc2)c1. The minimum atomic E-state index is -0.247. The Morgan fingerprint density at radius 2 is 1.55 bits per heavy atom. The summed E-state index contributed by atoms with van der Waals surface area (Å²) >= 11 is 1.48. The number of benzene rings is 3. The van der Waals surface area contributed by atoms with E-state index >= 15 is 0 Å². The van der Waals surface area contributed by atoms with Crippen LogP contribution in [0.2, 0.25) is 0 Å². The third-order valence-corrected chi connectivity index (χ3v) is 5.58. The van der Waals surface area contributed by atoms with Crippen LogP contribution < -0.4 is 10.6 Å². The van der Waals surface area contributed by atoms with E-state index in [0.29, 0.717) is 5.56 Å². The van der Waals surface area contributed by atoms with Gasteiger partial charge in [0.25, 0.3) is 5.91 Å². The van der Waals surface area contributed by atoms with E-state index in [1.54, 1.807) is 0 Å². The molecule has 3 aromatic carbocycles. The summed E-state index contributed by atoms with van der Waals surface area (Å²) in [6.45, 7) is 5.79. The molecule has 0 saturated heterocycles. The Balaban J connectivity index is 1.57. The molecule has 3 rings (SSSR count). The number of amides is 2. The topological polar surface area (TPSA) is 58.2 Å². The molecule has 0 fully saturated rings. The second-order valence-electron chi connectivity index (χ2n) is 6.91. The monoisotopic (exact) mass is 404 g/mol. The summed E-state index contributed by atoms with van der Waals surface area (Å²) in [7, 11) is 0. The Hall–Kier alpha value is -3.05. The first-order valence-corrected chi connectivity index (χ1v) is 10.3. The van der Waals surface area contributed by atoms with Gasteiger partial charge in [0.05, 0.1) is 5.25 Å². The zero-order chi connectivity index (χ0) is 20.8. The van der Waals surface area contributed by atoms with Gasteiger partial charge in [-0.3, -0.25) is 9.59 Å². The highest BCUT2D eigenvalue weighted by Crippen LogP contribution is 2.26. The molecule has 1 unspecified atom stereocenters. The molecule has 2 N–H and O–H groups in total. The van der Waals surface area contributed by atoms with E-state index in [-0.39, 0.29) is 17.1 Å². The first kappa shape index (κ1) is 20.7. The van der Waals surface area contributed by atoms with Crippen LogP contribution >= 0.6 is 11.8 Å². The van der Waals surface area contributed by atoms with Crippen molar-refractivity contribution >= 4 is 35.0 Å². The molecule has 0 radical (unpaired) electrons. The zero-order valence-electron chi connectivity index (χ0n) is 16.7. The zero-order valence-corrected chi connectivity index (χ0v) is 17.5. The highest BCUT2D eigenvalue weighted by Gasteiger charge is 2.15. The van der Waals surface area contributed by atoms with Gasteiger partial charge < -0.3 is 10.6 Å². The summed E-state index contributed by atoms with van der Waals surface area (Å²) < 4.78 is 0. The molecule has 0 aliphatic heterocycles. The summed E-state index contributed by atoms with van der Waals surface area (Å²) in [6, 6.07) is 22.8. The summed E-state index contributed by atoms with van der Waals surface area (Å²) in [6.07, 6.45) is 0. The highest BCUT2D eigenvalue weighted by molar-refractivity contribution is 8.00. The quantitative estimate of drug-likeness (QED) is 0.520. The van der Waals surface area contributed by atoms with Crippen molar-refractivity contribution in [3.05, 3.63) is 89.5 Å². The summed E-state index contributed by atoms with van der Waals surface area (Å²) in [5.41, 5.74) is 4.22. The fourth-order valence-corrected chi connectivity index (χ4v) is 3.73. The average molecular weight is 405 g/mol. The van der Waals surface area contributed by atoms with Crippen LogP contribution in [0.4, 0.5) is 11.4 Å². The molecule has 2 amide bonds. The molecule has 5 heteroatoms. The van der Waals surface area contributed by atoms with E-state index in [4.69, 9.17) is 0 Å². The smallest absolute Gasteiger partial charge is 0.255 e. The Morgan fingerprint density at radius 1 is 0.828 bits per heavy atom. The van der Waals surface area contributed by atoms with Crippen molar-refractivity contribution in [3.63, 3.8) is 0 Å². The van der Waals surface area contributed by atoms with Gasteiger partial charge >= 0.3 is 0 Å². The number of carbonyl (C=O) groups is 2. The molecule has 0 aliphatic carbocycles. The number of anilines is 2. The van der Waals surface area contributed by atoms with Crippen LogP contribution in [-0.4, -0.2) is 17.1 Å². The highest BCUT2D eigenvalue weighted by atomic mass is 32.2. The van der Waals surface area contributed by atoms with Gasteiger partial charge in [0.1, 0.15) is 0 Å². The molecule has 0 aromatic heterocycles. The van der Waals surface area contributed by atoms with Gasteiger partial charge in [-0.15, -0.1) is 11.8 Å². The number of aryl methyl sites for hydroxylation is 2. The van der Waals surface area contributed by atoms with Crippen molar-refractivity contribution < 1.29 is 9.59 Å². The summed E-state index contributed by atoms with van der Waals surface area (Å²) in [4.78, 5) is 25.8. The van der Waals surface area contributed by atoms with Crippen LogP contribution in [0.3, 0.4) is 0 Å². The van der Waals surface area contributed by atoms with Gasteiger partial charge in [0.15, 0.2) is 0 Å². The Kier molecular flexibility index (Phi) is 6.73. The Labute approximate surface area is 175 Å². The number of thioether (sulfide) groups is 1. The molecule has 3 aromatic rings. The van der Waals surface area contributed by atoms with E-state index < -0.39 is 0 Å². The predicted octanol–water partition coefficient (Wildman–Crippen LogP) is 5.68. The van der Waals surface area contributed by atoms with Crippen LogP contribution in [0.1, 0.15) is 28.4 Å². The first-order chi connectivity index (χ1) is 13.9. The molecule has 0 aliphatic rings. The molecular weight excluding hydrogens is 380 g/mol. The van der Waals surface area contributed by atoms with E-state index in [1.165, 1.54) is 11.8 Å². The maximum atomic E-state index is 12.4.